The molecular formula is C16H19NO6. The van der Waals surface area contributed by atoms with Crippen LogP contribution in [0.25, 0.3) is 0 Å². The molecule has 0 fully saturated rings. The molecular weight excluding hydrogens is 302 g/mol. The van der Waals surface area contributed by atoms with Crippen molar-refractivity contribution in [1.82, 2.24) is 0 Å². The van der Waals surface area contributed by atoms with E-state index in [-0.39, 0.29) is 5.69 Å². The van der Waals surface area contributed by atoms with Gasteiger partial charge in [0, 0.05) is 0 Å². The Bertz CT molecular complexity index is 676. The number of nitrogens with zero attached hydrogens (tertiary/aromatic N) is 1. The lowest BCUT2D eigenvalue weighted by molar-refractivity contribution is -0.146. The van der Waals surface area contributed by atoms with E-state index in [0.717, 1.165) is 10.5 Å². The molecule has 124 valence electrons. The molecule has 0 saturated heterocycles. The molecule has 1 aromatic carbocycles. The van der Waals surface area contributed by atoms with E-state index in [4.69, 9.17) is 4.74 Å². The second kappa shape index (κ2) is 5.57. The van der Waals surface area contributed by atoms with E-state index in [1.165, 1.54) is 0 Å². The summed E-state index contributed by atoms with van der Waals surface area (Å²) in [5.74, 6) is -4.03. The topological polar surface area (TPSA) is 104 Å². The maximum atomic E-state index is 12.5. The summed E-state index contributed by atoms with van der Waals surface area (Å²) in [4.78, 5) is 36.6. The molecule has 1 heterocycles. The number of aliphatic carboxylic acids is 2. The Morgan fingerprint density at radius 3 is 2.22 bits per heavy atom. The third kappa shape index (κ3) is 3.13. The average molecular weight is 321 g/mol. The van der Waals surface area contributed by atoms with E-state index >= 15 is 0 Å². The molecule has 2 atom stereocenters. The van der Waals surface area contributed by atoms with Gasteiger partial charge in [-0.05, 0) is 44.9 Å². The Hall–Kier alpha value is -2.57. The van der Waals surface area contributed by atoms with Crippen LogP contribution in [0, 0.1) is 6.92 Å². The number of carboxylic acids is 2. The molecule has 0 bridgehead atoms. The van der Waals surface area contributed by atoms with Crippen LogP contribution in [0.1, 0.15) is 37.8 Å². The summed E-state index contributed by atoms with van der Waals surface area (Å²) in [6, 6.07) is 3.29. The predicted molar refractivity (Wildman–Crippen MR) is 81.7 cm³/mol. The zero-order valence-corrected chi connectivity index (χ0v) is 13.4. The highest BCUT2D eigenvalue weighted by Crippen LogP contribution is 2.42. The molecule has 23 heavy (non-hydrogen) atoms. The fourth-order valence-electron chi connectivity index (χ4n) is 2.64. The van der Waals surface area contributed by atoms with Gasteiger partial charge < -0.3 is 14.9 Å². The minimum Gasteiger partial charge on any atom is -0.481 e. The van der Waals surface area contributed by atoms with Gasteiger partial charge in [-0.2, -0.15) is 0 Å². The van der Waals surface area contributed by atoms with Crippen molar-refractivity contribution in [1.29, 1.82) is 0 Å². The van der Waals surface area contributed by atoms with Gasteiger partial charge in [0.1, 0.15) is 11.5 Å². The van der Waals surface area contributed by atoms with Crippen LogP contribution in [0.2, 0.25) is 0 Å². The van der Waals surface area contributed by atoms with Crippen LogP contribution in [0.4, 0.5) is 10.5 Å². The number of fused-ring (bicyclic) bond motifs is 1. The number of ether oxygens (including phenoxy) is 1. The van der Waals surface area contributed by atoms with E-state index in [9.17, 15) is 24.6 Å². The van der Waals surface area contributed by atoms with Gasteiger partial charge in [0.15, 0.2) is 6.04 Å². The largest absolute Gasteiger partial charge is 0.481 e. The minimum absolute atomic E-state index is 0.263. The average Bonchev–Trinajstić information content (AvgIpc) is 2.70. The smallest absolute Gasteiger partial charge is 0.415 e. The van der Waals surface area contributed by atoms with Gasteiger partial charge in [-0.25, -0.2) is 9.59 Å². The van der Waals surface area contributed by atoms with Gasteiger partial charge in [-0.15, -0.1) is 0 Å². The van der Waals surface area contributed by atoms with Gasteiger partial charge in [0.05, 0.1) is 5.69 Å². The van der Waals surface area contributed by atoms with Crippen molar-refractivity contribution >= 4 is 23.7 Å². The maximum Gasteiger partial charge on any atom is 0.415 e. The highest BCUT2D eigenvalue weighted by atomic mass is 16.6. The van der Waals surface area contributed by atoms with Crippen molar-refractivity contribution in [2.75, 3.05) is 4.90 Å². The van der Waals surface area contributed by atoms with Crippen LogP contribution in [0.5, 0.6) is 0 Å². The normalized spacial score (nSPS) is 20.1. The monoisotopic (exact) mass is 321 g/mol. The molecule has 1 aromatic rings. The van der Waals surface area contributed by atoms with Crippen molar-refractivity contribution in [2.24, 2.45) is 0 Å². The number of rotatable bonds is 2. The van der Waals surface area contributed by atoms with Crippen LogP contribution in [0.15, 0.2) is 18.2 Å². The molecule has 1 aliphatic heterocycles. The first kappa shape index (κ1) is 16.8. The van der Waals surface area contributed by atoms with Crippen LogP contribution < -0.4 is 4.90 Å². The summed E-state index contributed by atoms with van der Waals surface area (Å²) in [6.45, 7) is 6.74. The Morgan fingerprint density at radius 1 is 1.13 bits per heavy atom. The molecule has 0 spiro atoms. The van der Waals surface area contributed by atoms with Crippen LogP contribution in [0.3, 0.4) is 0 Å². The summed E-state index contributed by atoms with van der Waals surface area (Å²) < 4.78 is 5.26. The van der Waals surface area contributed by atoms with Crippen molar-refractivity contribution < 1.29 is 29.3 Å². The molecule has 1 aliphatic rings. The lowest BCUT2D eigenvalue weighted by atomic mass is 9.94. The molecule has 0 aliphatic carbocycles. The fourth-order valence-corrected chi connectivity index (χ4v) is 2.64. The van der Waals surface area contributed by atoms with Crippen molar-refractivity contribution in [2.45, 2.75) is 45.3 Å². The van der Waals surface area contributed by atoms with Crippen molar-refractivity contribution in [3.8, 4) is 0 Å². The summed E-state index contributed by atoms with van der Waals surface area (Å²) in [7, 11) is 0. The number of amides is 1. The first-order chi connectivity index (χ1) is 10.5. The summed E-state index contributed by atoms with van der Waals surface area (Å²) in [5, 5.41) is 18.9. The zero-order chi connectivity index (χ0) is 17.5. The minimum atomic E-state index is -1.54. The molecule has 7 nitrogen and oxygen atoms in total. The van der Waals surface area contributed by atoms with E-state index in [1.807, 2.05) is 0 Å². The molecule has 2 rings (SSSR count). The highest BCUT2D eigenvalue weighted by molar-refractivity contribution is 6.04. The summed E-state index contributed by atoms with van der Waals surface area (Å²) in [5.41, 5.74) is 0.513. The predicted octanol–water partition coefficient (Wildman–Crippen LogP) is 2.37. The van der Waals surface area contributed by atoms with E-state index in [2.05, 4.69) is 0 Å². The van der Waals surface area contributed by atoms with E-state index in [0.29, 0.717) is 5.56 Å². The van der Waals surface area contributed by atoms with Gasteiger partial charge in [0.2, 0.25) is 0 Å². The SMILES string of the molecule is Cc1ccc2c(c1)N(C(=O)OC(C)(C)C)[C@H](C(=O)O)[C@H]2C(=O)O. The molecule has 0 aromatic heterocycles. The number of carboxylic acid groups (broad SMARTS) is 2. The highest BCUT2D eigenvalue weighted by Gasteiger charge is 2.50. The second-order valence-electron chi connectivity index (χ2n) is 6.51. The lowest BCUT2D eigenvalue weighted by Crippen LogP contribution is -2.48. The molecule has 7 heteroatoms. The van der Waals surface area contributed by atoms with Gasteiger partial charge in [-0.3, -0.25) is 9.69 Å². The molecule has 0 unspecified atom stereocenters. The van der Waals surface area contributed by atoms with Crippen LogP contribution in [-0.4, -0.2) is 39.9 Å². The first-order valence-corrected chi connectivity index (χ1v) is 7.11. The number of carbonyl (C=O) groups excluding carboxylic acids is 1. The van der Waals surface area contributed by atoms with Gasteiger partial charge in [-0.1, -0.05) is 12.1 Å². The fraction of sp³-hybridized carbons (Fsp3) is 0.438. The lowest BCUT2D eigenvalue weighted by Gasteiger charge is -2.28. The molecule has 0 saturated carbocycles. The standard InChI is InChI=1S/C16H19NO6/c1-8-5-6-9-10(7-8)17(15(22)23-16(2,3)4)12(14(20)21)11(9)13(18)19/h5-7,11-12H,1-4H3,(H,18,19)(H,20,21)/t11-,12-/m0/s1. The van der Waals surface area contributed by atoms with Crippen molar-refractivity contribution in [3.63, 3.8) is 0 Å². The maximum absolute atomic E-state index is 12.5. The van der Waals surface area contributed by atoms with E-state index < -0.39 is 35.6 Å². The van der Waals surface area contributed by atoms with Gasteiger partial charge >= 0.3 is 18.0 Å². The summed E-state index contributed by atoms with van der Waals surface area (Å²) >= 11 is 0. The Kier molecular flexibility index (Phi) is 4.07. The molecule has 0 radical (unpaired) electrons. The Labute approximate surface area is 133 Å². The number of hydrogen-bond donors (Lipinski definition) is 2. The third-order valence-corrected chi connectivity index (χ3v) is 3.48. The Morgan fingerprint density at radius 2 is 1.74 bits per heavy atom. The zero-order valence-electron chi connectivity index (χ0n) is 13.4. The Balaban J connectivity index is 2.58. The number of carbonyl (C=O) groups is 3. The van der Waals surface area contributed by atoms with Gasteiger partial charge in [0.25, 0.3) is 0 Å². The van der Waals surface area contributed by atoms with Crippen LogP contribution >= 0.6 is 0 Å². The number of anilines is 1. The van der Waals surface area contributed by atoms with Crippen molar-refractivity contribution in [3.05, 3.63) is 29.3 Å². The molecule has 1 amide bonds. The van der Waals surface area contributed by atoms with Crippen LogP contribution in [-0.2, 0) is 14.3 Å². The summed E-state index contributed by atoms with van der Waals surface area (Å²) in [6.07, 6.45) is -0.875. The number of aryl methyl sites for hydroxylation is 1. The first-order valence-electron chi connectivity index (χ1n) is 7.11. The number of hydrogen-bond acceptors (Lipinski definition) is 4. The third-order valence-electron chi connectivity index (χ3n) is 3.48. The quantitative estimate of drug-likeness (QED) is 0.866. The second-order valence-corrected chi connectivity index (χ2v) is 6.51. The number of benzene rings is 1. The van der Waals surface area contributed by atoms with E-state index in [1.54, 1.807) is 45.9 Å². The molecule has 2 N–H and O–H groups in total.